The Morgan fingerprint density at radius 1 is 1.30 bits per heavy atom. The Kier molecular flexibility index (Phi) is 6.57. The van der Waals surface area contributed by atoms with Crippen molar-refractivity contribution in [2.45, 2.75) is 61.6 Å². The van der Waals surface area contributed by atoms with Gasteiger partial charge in [-0.15, -0.1) is 11.3 Å². The van der Waals surface area contributed by atoms with Gasteiger partial charge >= 0.3 is 0 Å². The number of nitrogens with one attached hydrogen (secondary N) is 1. The van der Waals surface area contributed by atoms with Crippen LogP contribution in [0.15, 0.2) is 43.7 Å². The van der Waals surface area contributed by atoms with Gasteiger partial charge in [0, 0.05) is 42.3 Å². The molecule has 176 valence electrons. The molecular formula is C24H30N4O3S2. The van der Waals surface area contributed by atoms with E-state index in [1.165, 1.54) is 12.3 Å². The Balaban J connectivity index is 1.74. The molecular weight excluding hydrogens is 456 g/mol. The van der Waals surface area contributed by atoms with Crippen molar-refractivity contribution in [1.29, 1.82) is 5.41 Å². The van der Waals surface area contributed by atoms with E-state index in [4.69, 9.17) is 15.1 Å². The molecule has 7 nitrogen and oxygen atoms in total. The first kappa shape index (κ1) is 23.8. The predicted octanol–water partition coefficient (Wildman–Crippen LogP) is 5.07. The summed E-state index contributed by atoms with van der Waals surface area (Å²) in [6.45, 7) is 10.5. The minimum absolute atomic E-state index is 0.0485. The molecule has 3 aromatic rings. The number of aromatic nitrogens is 2. The molecule has 2 aromatic heterocycles. The number of ether oxygens (including phenoxy) is 1. The molecule has 1 aromatic carbocycles. The zero-order valence-electron chi connectivity index (χ0n) is 19.5. The van der Waals surface area contributed by atoms with E-state index in [0.717, 1.165) is 55.3 Å². The van der Waals surface area contributed by atoms with E-state index in [2.05, 4.69) is 30.3 Å². The molecule has 0 amide bonds. The molecule has 1 aliphatic heterocycles. The third-order valence-electron chi connectivity index (χ3n) is 5.85. The van der Waals surface area contributed by atoms with Gasteiger partial charge in [-0.05, 0) is 49.9 Å². The predicted molar refractivity (Wildman–Crippen MR) is 133 cm³/mol. The summed E-state index contributed by atoms with van der Waals surface area (Å²) in [6, 6.07) is 6.74. The number of sulfone groups is 1. The normalized spacial score (nSPS) is 16.1. The summed E-state index contributed by atoms with van der Waals surface area (Å²) >= 11 is 1.11. The highest BCUT2D eigenvalue weighted by molar-refractivity contribution is 7.93. The van der Waals surface area contributed by atoms with Crippen LogP contribution in [0.4, 0.5) is 0 Å². The lowest BCUT2D eigenvalue weighted by molar-refractivity contribution is 0.0611. The third kappa shape index (κ3) is 4.81. The molecule has 0 unspecified atom stereocenters. The van der Waals surface area contributed by atoms with E-state index < -0.39 is 9.84 Å². The average Bonchev–Trinajstić information content (AvgIpc) is 3.40. The van der Waals surface area contributed by atoms with Crippen molar-refractivity contribution in [2.75, 3.05) is 13.2 Å². The molecule has 0 radical (unpaired) electrons. The smallest absolute Gasteiger partial charge is 0.216 e. The fourth-order valence-corrected chi connectivity index (χ4v) is 6.71. The minimum atomic E-state index is -3.72. The van der Waals surface area contributed by atoms with Crippen molar-refractivity contribution in [3.63, 3.8) is 0 Å². The fourth-order valence-electron chi connectivity index (χ4n) is 4.12. The Morgan fingerprint density at radius 3 is 2.70 bits per heavy atom. The molecule has 0 aliphatic carbocycles. The van der Waals surface area contributed by atoms with Gasteiger partial charge in [0.2, 0.25) is 9.84 Å². The van der Waals surface area contributed by atoms with E-state index in [1.54, 1.807) is 24.4 Å². The molecule has 3 heterocycles. The number of aliphatic imine (C=N–C) groups is 1. The van der Waals surface area contributed by atoms with Gasteiger partial charge in [0.25, 0.3) is 0 Å². The summed E-state index contributed by atoms with van der Waals surface area (Å²) in [5, 5.41) is 9.60. The van der Waals surface area contributed by atoms with Crippen LogP contribution < -0.4 is 0 Å². The van der Waals surface area contributed by atoms with E-state index >= 15 is 0 Å². The van der Waals surface area contributed by atoms with E-state index in [1.807, 2.05) is 6.07 Å². The minimum Gasteiger partial charge on any atom is -0.381 e. The van der Waals surface area contributed by atoms with Gasteiger partial charge in [0.15, 0.2) is 5.84 Å². The highest BCUT2D eigenvalue weighted by Crippen LogP contribution is 2.33. The molecule has 1 N–H and O–H groups in total. The largest absolute Gasteiger partial charge is 0.381 e. The third-order valence-corrected chi connectivity index (χ3v) is 9.05. The zero-order chi connectivity index (χ0) is 23.8. The number of hydrogen-bond acceptors (Lipinski definition) is 6. The summed E-state index contributed by atoms with van der Waals surface area (Å²) in [5.74, 6) is 1.53. The van der Waals surface area contributed by atoms with E-state index in [-0.39, 0.29) is 20.4 Å². The molecule has 9 heteroatoms. The molecule has 0 atom stereocenters. The van der Waals surface area contributed by atoms with Crippen LogP contribution in [-0.2, 0) is 26.5 Å². The molecule has 1 fully saturated rings. The number of fused-ring (bicyclic) bond motifs is 1. The van der Waals surface area contributed by atoms with Crippen LogP contribution in [0.5, 0.6) is 0 Å². The summed E-state index contributed by atoms with van der Waals surface area (Å²) in [7, 11) is -3.72. The van der Waals surface area contributed by atoms with Crippen LogP contribution in [0, 0.1) is 11.3 Å². The Bertz CT molecular complexity index is 1310. The maximum absolute atomic E-state index is 13.3. The topological polar surface area (TPSA) is 97.4 Å². The SMILES string of the molecule is CC=NC(=N)c1csc(S(=O)(=O)c2ccc3c(c2)nc(C(C)(C)C)n3CC2CCOCC2)c1. The van der Waals surface area contributed by atoms with Crippen molar-refractivity contribution in [3.05, 3.63) is 41.0 Å². The number of nitrogens with zero attached hydrogens (tertiary/aromatic N) is 3. The van der Waals surface area contributed by atoms with Crippen LogP contribution in [0.2, 0.25) is 0 Å². The number of thiophene rings is 1. The molecule has 1 saturated heterocycles. The molecule has 4 rings (SSSR count). The standard InChI is InChI=1S/C24H30N4O3S2/c1-5-26-22(25)17-12-21(32-15-17)33(29,30)18-6-7-20-19(13-18)27-23(24(2,3)4)28(20)14-16-8-10-31-11-9-16/h5-7,12-13,15-16,25H,8-11,14H2,1-4H3. The number of imidazole rings is 1. The lowest BCUT2D eigenvalue weighted by Crippen LogP contribution is -2.25. The fraction of sp³-hybridized carbons (Fsp3) is 0.458. The monoisotopic (exact) mass is 486 g/mol. The second kappa shape index (κ2) is 9.12. The van der Waals surface area contributed by atoms with Crippen LogP contribution in [0.1, 0.15) is 51.9 Å². The van der Waals surface area contributed by atoms with Gasteiger partial charge < -0.3 is 9.30 Å². The van der Waals surface area contributed by atoms with Crippen molar-refractivity contribution in [1.82, 2.24) is 9.55 Å². The van der Waals surface area contributed by atoms with Crippen LogP contribution in [0.25, 0.3) is 11.0 Å². The Hall–Kier alpha value is -2.36. The second-order valence-electron chi connectivity index (χ2n) is 9.40. The Labute approximate surface area is 199 Å². The molecule has 0 spiro atoms. The number of benzene rings is 1. The molecule has 0 bridgehead atoms. The first-order valence-corrected chi connectivity index (χ1v) is 13.5. The molecule has 33 heavy (non-hydrogen) atoms. The van der Waals surface area contributed by atoms with Crippen molar-refractivity contribution >= 4 is 44.3 Å². The van der Waals surface area contributed by atoms with Crippen LogP contribution in [-0.4, -0.2) is 43.2 Å². The van der Waals surface area contributed by atoms with Gasteiger partial charge in [0.1, 0.15) is 10.0 Å². The van der Waals surface area contributed by atoms with E-state index in [0.29, 0.717) is 17.0 Å². The quantitative estimate of drug-likeness (QED) is 0.402. The highest BCUT2D eigenvalue weighted by atomic mass is 32.2. The summed E-state index contributed by atoms with van der Waals surface area (Å²) in [5.41, 5.74) is 1.96. The summed E-state index contributed by atoms with van der Waals surface area (Å²) in [6.07, 6.45) is 3.56. The van der Waals surface area contributed by atoms with Crippen LogP contribution in [0.3, 0.4) is 0 Å². The van der Waals surface area contributed by atoms with Gasteiger partial charge in [-0.2, -0.15) is 0 Å². The maximum atomic E-state index is 13.3. The highest BCUT2D eigenvalue weighted by Gasteiger charge is 2.27. The van der Waals surface area contributed by atoms with Crippen molar-refractivity contribution < 1.29 is 13.2 Å². The number of rotatable bonds is 5. The number of hydrogen-bond donors (Lipinski definition) is 1. The lowest BCUT2D eigenvalue weighted by Gasteiger charge is -2.26. The Morgan fingerprint density at radius 2 is 2.03 bits per heavy atom. The van der Waals surface area contributed by atoms with Crippen LogP contribution >= 0.6 is 11.3 Å². The number of amidine groups is 1. The second-order valence-corrected chi connectivity index (χ2v) is 12.5. The van der Waals surface area contributed by atoms with Gasteiger partial charge in [0.05, 0.1) is 15.9 Å². The van der Waals surface area contributed by atoms with E-state index in [9.17, 15) is 8.42 Å². The average molecular weight is 487 g/mol. The first-order chi connectivity index (χ1) is 15.6. The lowest BCUT2D eigenvalue weighted by atomic mass is 9.94. The van der Waals surface area contributed by atoms with Crippen molar-refractivity contribution in [2.24, 2.45) is 10.9 Å². The first-order valence-electron chi connectivity index (χ1n) is 11.1. The maximum Gasteiger partial charge on any atom is 0.216 e. The van der Waals surface area contributed by atoms with Gasteiger partial charge in [-0.1, -0.05) is 20.8 Å². The van der Waals surface area contributed by atoms with Gasteiger partial charge in [-0.3, -0.25) is 5.41 Å². The molecule has 1 aliphatic rings. The summed E-state index contributed by atoms with van der Waals surface area (Å²) < 4.78 is 34.6. The van der Waals surface area contributed by atoms with Gasteiger partial charge in [-0.25, -0.2) is 18.4 Å². The van der Waals surface area contributed by atoms with Crippen molar-refractivity contribution in [3.8, 4) is 0 Å². The molecule has 0 saturated carbocycles. The summed E-state index contributed by atoms with van der Waals surface area (Å²) in [4.78, 5) is 9.04. The zero-order valence-corrected chi connectivity index (χ0v) is 21.1.